The van der Waals surface area contributed by atoms with Crippen LogP contribution in [0.2, 0.25) is 0 Å². The van der Waals surface area contributed by atoms with Gasteiger partial charge >= 0.3 is 133 Å². The summed E-state index contributed by atoms with van der Waals surface area (Å²) in [6.45, 7) is 6.74. The number of benzene rings is 1. The van der Waals surface area contributed by atoms with Gasteiger partial charge in [0.15, 0.2) is 0 Å². The fourth-order valence-corrected chi connectivity index (χ4v) is 4.49. The molecule has 0 aliphatic rings. The van der Waals surface area contributed by atoms with Gasteiger partial charge in [0.05, 0.1) is 0 Å². The number of aromatic nitrogens is 1. The summed E-state index contributed by atoms with van der Waals surface area (Å²) < 4.78 is 1.40. The third-order valence-electron chi connectivity index (χ3n) is 4.16. The van der Waals surface area contributed by atoms with E-state index in [-0.39, 0.29) is 0 Å². The molecule has 2 aromatic heterocycles. The molecule has 1 nitrogen and oxygen atoms in total. The summed E-state index contributed by atoms with van der Waals surface area (Å²) in [5.41, 5.74) is 6.31. The van der Waals surface area contributed by atoms with Crippen molar-refractivity contribution >= 4 is 24.3 Å². The second kappa shape index (κ2) is 6.17. The Bertz CT molecular complexity index is 753. The topological polar surface area (TPSA) is 12.9 Å². The van der Waals surface area contributed by atoms with Crippen LogP contribution in [0.5, 0.6) is 0 Å². The predicted octanol–water partition coefficient (Wildman–Crippen LogP) is 5.17. The number of fused-ring (bicyclic) bond motifs is 1. The summed E-state index contributed by atoms with van der Waals surface area (Å²) >= 11 is 0.480. The molecule has 21 heavy (non-hydrogen) atoms. The van der Waals surface area contributed by atoms with Gasteiger partial charge in [-0.15, -0.1) is 0 Å². The first-order valence-corrected chi connectivity index (χ1v) is 9.52. The Balaban J connectivity index is 2.08. The molecule has 3 rings (SSSR count). The van der Waals surface area contributed by atoms with E-state index in [1.165, 1.54) is 33.8 Å². The minimum atomic E-state index is 0.480. The van der Waals surface area contributed by atoms with Crippen molar-refractivity contribution in [3.63, 3.8) is 0 Å². The van der Waals surface area contributed by atoms with Gasteiger partial charge in [-0.3, -0.25) is 0 Å². The second-order valence-electron chi connectivity index (χ2n) is 5.65. The Morgan fingerprint density at radius 1 is 1.05 bits per heavy atom. The molecular weight excluding hydrogens is 321 g/mol. The molecule has 0 spiro atoms. The molecule has 108 valence electrons. The number of pyridine rings is 1. The van der Waals surface area contributed by atoms with Crippen LogP contribution >= 0.6 is 0 Å². The van der Waals surface area contributed by atoms with Crippen LogP contribution in [0, 0.1) is 6.92 Å². The van der Waals surface area contributed by atoms with Gasteiger partial charge in [-0.05, 0) is 0 Å². The van der Waals surface area contributed by atoms with E-state index in [9.17, 15) is 0 Å². The van der Waals surface area contributed by atoms with E-state index in [0.717, 1.165) is 11.2 Å². The van der Waals surface area contributed by atoms with Gasteiger partial charge in [0.2, 0.25) is 0 Å². The third-order valence-corrected chi connectivity index (χ3v) is 5.99. The van der Waals surface area contributed by atoms with E-state index in [1.54, 1.807) is 0 Å². The number of rotatable bonds is 4. The van der Waals surface area contributed by atoms with Crippen LogP contribution in [0.15, 0.2) is 41.3 Å². The zero-order chi connectivity index (χ0) is 14.8. The molecule has 2 heterocycles. The number of aryl methyl sites for hydroxylation is 1. The molecule has 0 aliphatic heterocycles. The van der Waals surface area contributed by atoms with E-state index in [4.69, 9.17) is 4.98 Å². The van der Waals surface area contributed by atoms with E-state index < -0.39 is 0 Å². The molecule has 0 N–H and O–H groups in total. The monoisotopic (exact) mass is 343 g/mol. The zero-order valence-electron chi connectivity index (χ0n) is 12.9. The molecular formula is C19H21NSe. The molecule has 0 unspecified atom stereocenters. The normalized spacial score (nSPS) is 11.4. The molecule has 0 saturated carbocycles. The first kappa shape index (κ1) is 14.6. The van der Waals surface area contributed by atoms with Crippen molar-refractivity contribution in [1.82, 2.24) is 4.98 Å². The van der Waals surface area contributed by atoms with Crippen LogP contribution in [0.1, 0.15) is 43.7 Å². The Labute approximate surface area is 132 Å². The second-order valence-corrected chi connectivity index (χ2v) is 7.63. The molecule has 0 radical (unpaired) electrons. The fourth-order valence-electron chi connectivity index (χ4n) is 2.97. The molecule has 0 atom stereocenters. The summed E-state index contributed by atoms with van der Waals surface area (Å²) in [6, 6.07) is 13.5. The van der Waals surface area contributed by atoms with Gasteiger partial charge in [0.25, 0.3) is 0 Å². The number of nitrogens with zero attached hydrogens (tertiary/aromatic N) is 1. The summed E-state index contributed by atoms with van der Waals surface area (Å²) in [5.74, 6) is 0.654. The zero-order valence-corrected chi connectivity index (χ0v) is 14.6. The quantitative estimate of drug-likeness (QED) is 0.596. The minimum absolute atomic E-state index is 0.480. The van der Waals surface area contributed by atoms with E-state index in [0.29, 0.717) is 20.4 Å². The maximum absolute atomic E-state index is 4.85. The molecule has 0 saturated heterocycles. The standard InChI is InChI=1S/C19H21NSe/c1-4-14(5-2)15-10-13(3)11-16(12-15)17-6-7-19-18(20-17)8-9-21-19/h6-12,14H,4-5H2,1-3H3. The van der Waals surface area contributed by atoms with Crippen LogP contribution in [-0.4, -0.2) is 19.5 Å². The Kier molecular flexibility index (Phi) is 4.28. The third kappa shape index (κ3) is 2.97. The van der Waals surface area contributed by atoms with Crippen molar-refractivity contribution in [2.75, 3.05) is 0 Å². The predicted molar refractivity (Wildman–Crippen MR) is 92.2 cm³/mol. The Morgan fingerprint density at radius 3 is 2.62 bits per heavy atom. The molecule has 0 fully saturated rings. The first-order chi connectivity index (χ1) is 10.2. The van der Waals surface area contributed by atoms with Crippen LogP contribution in [-0.2, 0) is 0 Å². The van der Waals surface area contributed by atoms with Crippen molar-refractivity contribution in [1.29, 1.82) is 0 Å². The number of hydrogen-bond donors (Lipinski definition) is 0. The fraction of sp³-hybridized carbons (Fsp3) is 0.316. The molecule has 3 aromatic rings. The molecule has 2 heteroatoms. The molecule has 0 bridgehead atoms. The Hall–Kier alpha value is -1.37. The van der Waals surface area contributed by atoms with Gasteiger partial charge in [0, 0.05) is 0 Å². The van der Waals surface area contributed by atoms with Crippen molar-refractivity contribution in [2.45, 2.75) is 39.5 Å². The van der Waals surface area contributed by atoms with Crippen LogP contribution in [0.3, 0.4) is 0 Å². The SMILES string of the molecule is CCC(CC)c1cc(C)cc(-c2ccc3[se]ccc3n2)c1. The van der Waals surface area contributed by atoms with Gasteiger partial charge < -0.3 is 0 Å². The van der Waals surface area contributed by atoms with Crippen molar-refractivity contribution in [3.05, 3.63) is 52.5 Å². The maximum atomic E-state index is 4.85. The van der Waals surface area contributed by atoms with Gasteiger partial charge in [-0.1, -0.05) is 0 Å². The van der Waals surface area contributed by atoms with Crippen LogP contribution in [0.4, 0.5) is 0 Å². The summed E-state index contributed by atoms with van der Waals surface area (Å²) in [5, 5.41) is 0. The average molecular weight is 342 g/mol. The first-order valence-electron chi connectivity index (χ1n) is 7.67. The summed E-state index contributed by atoms with van der Waals surface area (Å²) in [7, 11) is 0. The van der Waals surface area contributed by atoms with E-state index in [2.05, 4.69) is 62.1 Å². The van der Waals surface area contributed by atoms with Gasteiger partial charge in [0.1, 0.15) is 0 Å². The van der Waals surface area contributed by atoms with Crippen LogP contribution < -0.4 is 0 Å². The summed E-state index contributed by atoms with van der Waals surface area (Å²) in [4.78, 5) is 7.10. The molecule has 1 aromatic carbocycles. The van der Waals surface area contributed by atoms with E-state index >= 15 is 0 Å². The van der Waals surface area contributed by atoms with Gasteiger partial charge in [-0.2, -0.15) is 0 Å². The van der Waals surface area contributed by atoms with Gasteiger partial charge in [-0.25, -0.2) is 0 Å². The average Bonchev–Trinajstić information content (AvgIpc) is 2.95. The van der Waals surface area contributed by atoms with E-state index in [1.807, 2.05) is 0 Å². The number of hydrogen-bond acceptors (Lipinski definition) is 1. The van der Waals surface area contributed by atoms with Crippen molar-refractivity contribution in [2.24, 2.45) is 0 Å². The molecule has 0 amide bonds. The van der Waals surface area contributed by atoms with Crippen molar-refractivity contribution < 1.29 is 0 Å². The Morgan fingerprint density at radius 2 is 1.86 bits per heavy atom. The molecule has 0 aliphatic carbocycles. The van der Waals surface area contributed by atoms with Crippen molar-refractivity contribution in [3.8, 4) is 11.3 Å². The van der Waals surface area contributed by atoms with Crippen LogP contribution in [0.25, 0.3) is 21.0 Å². The summed E-state index contributed by atoms with van der Waals surface area (Å²) in [6.07, 6.45) is 2.39.